The van der Waals surface area contributed by atoms with E-state index < -0.39 is 59.8 Å². The molecule has 0 aromatic carbocycles. The van der Waals surface area contributed by atoms with Gasteiger partial charge in [0.2, 0.25) is 0 Å². The minimum Gasteiger partial charge on any atom is -0.481 e. The van der Waals surface area contributed by atoms with E-state index in [2.05, 4.69) is 0 Å². The first kappa shape index (κ1) is 22.8. The minimum absolute atomic E-state index is 0.0958. The molecular weight excluding hydrogens is 364 g/mol. The van der Waals surface area contributed by atoms with E-state index in [1.807, 2.05) is 0 Å². The van der Waals surface area contributed by atoms with Crippen LogP contribution >= 0.6 is 0 Å². The fraction of sp³-hybridized carbons (Fsp3) is 0.765. The molecule has 0 spiro atoms. The Morgan fingerprint density at radius 3 is 1.41 bits per heavy atom. The summed E-state index contributed by atoms with van der Waals surface area (Å²) < 4.78 is 20.0. The molecule has 1 saturated carbocycles. The number of esters is 2. The highest BCUT2D eigenvalue weighted by molar-refractivity contribution is 5.91. The van der Waals surface area contributed by atoms with Gasteiger partial charge in [0.1, 0.15) is 12.2 Å². The minimum atomic E-state index is -1.60. The Morgan fingerprint density at radius 2 is 1.15 bits per heavy atom. The van der Waals surface area contributed by atoms with Crippen molar-refractivity contribution >= 4 is 23.9 Å². The Morgan fingerprint density at radius 1 is 0.815 bits per heavy atom. The number of carboxylic acid groups (broad SMARTS) is 2. The monoisotopic (exact) mass is 390 g/mol. The van der Waals surface area contributed by atoms with E-state index in [0.29, 0.717) is 0 Å². The van der Waals surface area contributed by atoms with E-state index in [4.69, 9.17) is 18.9 Å². The third-order valence-electron chi connectivity index (χ3n) is 4.37. The number of carboxylic acids is 2. The van der Waals surface area contributed by atoms with Gasteiger partial charge in [-0.2, -0.15) is 0 Å². The maximum atomic E-state index is 12.4. The lowest BCUT2D eigenvalue weighted by Gasteiger charge is -2.21. The van der Waals surface area contributed by atoms with E-state index in [1.165, 1.54) is 14.2 Å². The summed E-state index contributed by atoms with van der Waals surface area (Å²) in [4.78, 5) is 48.1. The number of ether oxygens (including phenoxy) is 4. The van der Waals surface area contributed by atoms with E-state index in [-0.39, 0.29) is 19.6 Å². The second kappa shape index (κ2) is 10.2. The third-order valence-corrected chi connectivity index (χ3v) is 4.37. The second-order valence-electron chi connectivity index (χ2n) is 6.58. The predicted molar refractivity (Wildman–Crippen MR) is 88.7 cm³/mol. The molecule has 1 rings (SSSR count). The van der Waals surface area contributed by atoms with Gasteiger partial charge in [-0.05, 0) is 20.3 Å². The van der Waals surface area contributed by atoms with Gasteiger partial charge in [-0.3, -0.25) is 19.2 Å². The summed E-state index contributed by atoms with van der Waals surface area (Å²) in [6, 6.07) is 0. The number of hydrogen-bond donors (Lipinski definition) is 2. The quantitative estimate of drug-likeness (QED) is 0.495. The average Bonchev–Trinajstić information content (AvgIpc) is 2.96. The van der Waals surface area contributed by atoms with Gasteiger partial charge in [-0.15, -0.1) is 0 Å². The zero-order chi connectivity index (χ0) is 20.7. The summed E-state index contributed by atoms with van der Waals surface area (Å²) >= 11 is 0. The molecule has 0 aromatic heterocycles. The molecule has 0 bridgehead atoms. The van der Waals surface area contributed by atoms with Crippen LogP contribution in [0.3, 0.4) is 0 Å². The van der Waals surface area contributed by atoms with Crippen LogP contribution in [0.5, 0.6) is 0 Å². The first-order valence-electron chi connectivity index (χ1n) is 8.48. The predicted octanol–water partition coefficient (Wildman–Crippen LogP) is 0.180. The van der Waals surface area contributed by atoms with Crippen molar-refractivity contribution in [2.24, 2.45) is 23.7 Å². The van der Waals surface area contributed by atoms with Crippen LogP contribution in [0.2, 0.25) is 0 Å². The van der Waals surface area contributed by atoms with Crippen molar-refractivity contribution in [3.05, 3.63) is 0 Å². The van der Waals surface area contributed by atoms with Crippen LogP contribution < -0.4 is 0 Å². The fourth-order valence-corrected chi connectivity index (χ4v) is 3.31. The molecule has 1 aliphatic rings. The van der Waals surface area contributed by atoms with E-state index in [0.717, 1.165) is 0 Å². The largest absolute Gasteiger partial charge is 0.481 e. The molecule has 6 unspecified atom stereocenters. The zero-order valence-electron chi connectivity index (χ0n) is 15.7. The van der Waals surface area contributed by atoms with Gasteiger partial charge in [-0.25, -0.2) is 0 Å². The molecule has 0 radical (unpaired) electrons. The zero-order valence-corrected chi connectivity index (χ0v) is 15.7. The van der Waals surface area contributed by atoms with Crippen molar-refractivity contribution in [1.29, 1.82) is 0 Å². The van der Waals surface area contributed by atoms with Crippen LogP contribution in [0.25, 0.3) is 0 Å². The molecule has 10 nitrogen and oxygen atoms in total. The molecule has 0 saturated heterocycles. The Hall–Kier alpha value is -2.20. The van der Waals surface area contributed by atoms with E-state index in [1.54, 1.807) is 13.8 Å². The number of rotatable bonds is 10. The summed E-state index contributed by atoms with van der Waals surface area (Å²) in [5, 5.41) is 19.0. The highest BCUT2D eigenvalue weighted by Crippen LogP contribution is 2.43. The van der Waals surface area contributed by atoms with Crippen molar-refractivity contribution in [3.63, 3.8) is 0 Å². The summed E-state index contributed by atoms with van der Waals surface area (Å²) in [7, 11) is 2.82. The Bertz CT molecular complexity index is 512. The van der Waals surface area contributed by atoms with Gasteiger partial charge in [0.05, 0.1) is 36.9 Å². The number of aliphatic carboxylic acids is 2. The van der Waals surface area contributed by atoms with Gasteiger partial charge < -0.3 is 29.2 Å². The lowest BCUT2D eigenvalue weighted by Crippen LogP contribution is -2.37. The molecule has 154 valence electrons. The standard InChI is InChI=1S/C17H26O10/c1-8(6-24-3)26-16(22)10-5-11(17(23)27-9(2)7-25-4)13(15(20)21)12(10)14(18)19/h8-13H,5-7H2,1-4H3,(H,18,19)(H,20,21). The molecule has 2 N–H and O–H groups in total. The highest BCUT2D eigenvalue weighted by Gasteiger charge is 2.57. The molecule has 0 aromatic rings. The SMILES string of the molecule is COCC(C)OC(=O)C1CC(C(=O)OC(C)COC)C(C(=O)O)C1C(=O)O. The van der Waals surface area contributed by atoms with Crippen molar-refractivity contribution in [2.45, 2.75) is 32.5 Å². The molecule has 1 fully saturated rings. The van der Waals surface area contributed by atoms with Crippen molar-refractivity contribution in [1.82, 2.24) is 0 Å². The smallest absolute Gasteiger partial charge is 0.310 e. The van der Waals surface area contributed by atoms with Crippen LogP contribution in [0.1, 0.15) is 20.3 Å². The van der Waals surface area contributed by atoms with Crippen LogP contribution in [0.15, 0.2) is 0 Å². The van der Waals surface area contributed by atoms with Crippen LogP contribution in [0, 0.1) is 23.7 Å². The van der Waals surface area contributed by atoms with E-state index >= 15 is 0 Å². The topological polar surface area (TPSA) is 146 Å². The molecule has 27 heavy (non-hydrogen) atoms. The number of methoxy groups -OCH3 is 2. The molecule has 0 amide bonds. The Labute approximate surface area is 156 Å². The Kier molecular flexibility index (Phi) is 8.64. The summed E-state index contributed by atoms with van der Waals surface area (Å²) in [6.07, 6.45) is -1.58. The van der Waals surface area contributed by atoms with E-state index in [9.17, 15) is 29.4 Å². The molecule has 6 atom stereocenters. The van der Waals surface area contributed by atoms with Gasteiger partial charge in [0, 0.05) is 14.2 Å². The van der Waals surface area contributed by atoms with Crippen LogP contribution in [-0.4, -0.2) is 73.7 Å². The summed E-state index contributed by atoms with van der Waals surface area (Å²) in [5.74, 6) is -10.5. The van der Waals surface area contributed by atoms with Crippen LogP contribution in [-0.2, 0) is 38.1 Å². The molecule has 1 aliphatic carbocycles. The lowest BCUT2D eigenvalue weighted by atomic mass is 9.87. The fourth-order valence-electron chi connectivity index (χ4n) is 3.31. The van der Waals surface area contributed by atoms with Gasteiger partial charge in [-0.1, -0.05) is 0 Å². The normalized spacial score (nSPS) is 26.8. The number of hydrogen-bond acceptors (Lipinski definition) is 8. The van der Waals surface area contributed by atoms with Gasteiger partial charge in [0.25, 0.3) is 0 Å². The number of carbonyl (C=O) groups excluding carboxylic acids is 2. The summed E-state index contributed by atoms with van der Waals surface area (Å²) in [6.45, 7) is 3.30. The molecule has 10 heteroatoms. The Balaban J connectivity index is 3.05. The van der Waals surface area contributed by atoms with Gasteiger partial charge >= 0.3 is 23.9 Å². The second-order valence-corrected chi connectivity index (χ2v) is 6.58. The first-order chi connectivity index (χ1) is 12.6. The summed E-state index contributed by atoms with van der Waals surface area (Å²) in [5.41, 5.74) is 0. The van der Waals surface area contributed by atoms with Crippen molar-refractivity contribution < 1.29 is 48.3 Å². The lowest BCUT2D eigenvalue weighted by molar-refractivity contribution is -0.166. The highest BCUT2D eigenvalue weighted by atomic mass is 16.6. The first-order valence-corrected chi connectivity index (χ1v) is 8.48. The van der Waals surface area contributed by atoms with Crippen molar-refractivity contribution in [3.8, 4) is 0 Å². The maximum Gasteiger partial charge on any atom is 0.310 e. The van der Waals surface area contributed by atoms with Crippen LogP contribution in [0.4, 0.5) is 0 Å². The molecular formula is C17H26O10. The number of carbonyl (C=O) groups is 4. The third kappa shape index (κ3) is 5.90. The average molecular weight is 390 g/mol. The molecule has 0 aliphatic heterocycles. The van der Waals surface area contributed by atoms with Gasteiger partial charge in [0.15, 0.2) is 0 Å². The molecule has 0 heterocycles. The van der Waals surface area contributed by atoms with Crippen molar-refractivity contribution in [2.75, 3.05) is 27.4 Å². The maximum absolute atomic E-state index is 12.4.